The van der Waals surface area contributed by atoms with Gasteiger partial charge in [0, 0.05) is 5.56 Å². The van der Waals surface area contributed by atoms with Crippen molar-refractivity contribution >= 4 is 17.8 Å². The van der Waals surface area contributed by atoms with Crippen LogP contribution in [0.2, 0.25) is 0 Å². The Morgan fingerprint density at radius 1 is 0.971 bits per heavy atom. The van der Waals surface area contributed by atoms with Gasteiger partial charge in [-0.25, -0.2) is 9.79 Å². The summed E-state index contributed by atoms with van der Waals surface area (Å²) in [5.41, 5.74) is 4.07. The van der Waals surface area contributed by atoms with Crippen molar-refractivity contribution in [2.24, 2.45) is 4.99 Å². The zero-order chi connectivity index (χ0) is 24.5. The lowest BCUT2D eigenvalue weighted by molar-refractivity contribution is -0.178. The van der Waals surface area contributed by atoms with Gasteiger partial charge >= 0.3 is 5.97 Å². The van der Waals surface area contributed by atoms with Crippen LogP contribution in [0, 0.1) is 6.92 Å². The van der Waals surface area contributed by atoms with Crippen LogP contribution in [0.3, 0.4) is 0 Å². The number of ether oxygens (including phenoxy) is 2. The minimum absolute atomic E-state index is 0.280. The summed E-state index contributed by atoms with van der Waals surface area (Å²) in [5.74, 6) is -0.441. The number of aryl methyl sites for hydroxylation is 1. The summed E-state index contributed by atoms with van der Waals surface area (Å²) in [6.07, 6.45) is -1.29. The third kappa shape index (κ3) is 4.23. The number of aliphatic imine (C=N–C) groups is 1. The lowest BCUT2D eigenvalue weighted by Gasteiger charge is -2.44. The van der Waals surface area contributed by atoms with Crippen molar-refractivity contribution in [3.8, 4) is 0 Å². The number of β-lactam (4-membered cyclic amide) rings is 1. The van der Waals surface area contributed by atoms with E-state index < -0.39 is 30.4 Å². The molecule has 2 aliphatic heterocycles. The van der Waals surface area contributed by atoms with E-state index in [-0.39, 0.29) is 5.91 Å². The number of carbonyl (C=O) groups is 2. The topological polar surface area (TPSA) is 68.2 Å². The Morgan fingerprint density at radius 3 is 2.09 bits per heavy atom. The first kappa shape index (κ1) is 22.6. The molecule has 6 nitrogen and oxygen atoms in total. The van der Waals surface area contributed by atoms with Crippen LogP contribution < -0.4 is 0 Å². The predicted octanol–water partition coefficient (Wildman–Crippen LogP) is 4.59. The molecule has 3 unspecified atom stereocenters. The van der Waals surface area contributed by atoms with E-state index in [2.05, 4.69) is 11.6 Å². The number of hydrogen-bond donors (Lipinski definition) is 0. The summed E-state index contributed by atoms with van der Waals surface area (Å²) < 4.78 is 12.1. The van der Waals surface area contributed by atoms with Gasteiger partial charge in [0.05, 0.1) is 0 Å². The highest BCUT2D eigenvalue weighted by Gasteiger charge is 2.58. The van der Waals surface area contributed by atoms with Crippen molar-refractivity contribution in [1.29, 1.82) is 0 Å². The van der Waals surface area contributed by atoms with Gasteiger partial charge in [0.15, 0.2) is 18.2 Å². The Labute approximate surface area is 204 Å². The molecular weight excluding hydrogens is 440 g/mol. The van der Waals surface area contributed by atoms with E-state index in [1.807, 2.05) is 91.9 Å². The molecule has 0 N–H and O–H groups in total. The van der Waals surface area contributed by atoms with Crippen molar-refractivity contribution in [3.63, 3.8) is 0 Å². The average molecular weight is 467 g/mol. The number of hydrogen-bond acceptors (Lipinski definition) is 5. The Bertz CT molecular complexity index is 1250. The molecule has 0 radical (unpaired) electrons. The third-order valence-electron chi connectivity index (χ3n) is 6.25. The third-order valence-corrected chi connectivity index (χ3v) is 6.25. The Hall–Kier alpha value is -4.19. The van der Waals surface area contributed by atoms with Crippen LogP contribution in [-0.2, 0) is 19.1 Å². The standard InChI is InChI=1S/C29H26N2O4/c1-18(2)24(29(33)34-25(20-10-6-4-7-11-20)21-12-8-5-9-13-21)31-27(32)23-28(31)35-26(30-23)22-16-14-19(3)15-17-22/h4-17,23-25,28H,1H2,2-3H3. The van der Waals surface area contributed by atoms with E-state index in [1.165, 1.54) is 4.90 Å². The molecule has 1 saturated heterocycles. The van der Waals surface area contributed by atoms with Gasteiger partial charge in [-0.3, -0.25) is 9.69 Å². The van der Waals surface area contributed by atoms with E-state index in [4.69, 9.17) is 9.47 Å². The molecule has 2 aliphatic rings. The number of rotatable bonds is 7. The predicted molar refractivity (Wildman–Crippen MR) is 133 cm³/mol. The van der Waals surface area contributed by atoms with E-state index in [9.17, 15) is 9.59 Å². The maximum atomic E-state index is 13.5. The summed E-state index contributed by atoms with van der Waals surface area (Å²) in [6.45, 7) is 7.69. The minimum Gasteiger partial charge on any atom is -0.451 e. The van der Waals surface area contributed by atoms with Crippen LogP contribution in [0.25, 0.3) is 0 Å². The van der Waals surface area contributed by atoms with Gasteiger partial charge < -0.3 is 9.47 Å². The highest BCUT2D eigenvalue weighted by atomic mass is 16.6. The second kappa shape index (κ2) is 9.22. The lowest BCUT2D eigenvalue weighted by Crippen LogP contribution is -2.68. The first-order valence-electron chi connectivity index (χ1n) is 11.5. The van der Waals surface area contributed by atoms with Crippen LogP contribution in [0.4, 0.5) is 0 Å². The van der Waals surface area contributed by atoms with Crippen molar-refractivity contribution in [1.82, 2.24) is 4.90 Å². The first-order valence-corrected chi connectivity index (χ1v) is 11.5. The molecule has 0 bridgehead atoms. The molecular formula is C29H26N2O4. The smallest absolute Gasteiger partial charge is 0.334 e. The number of benzene rings is 3. The highest BCUT2D eigenvalue weighted by molar-refractivity contribution is 6.03. The molecule has 0 aromatic heterocycles. The Morgan fingerprint density at radius 2 is 1.54 bits per heavy atom. The summed E-state index contributed by atoms with van der Waals surface area (Å²) in [5, 5.41) is 0. The number of carbonyl (C=O) groups excluding carboxylic acids is 2. The summed E-state index contributed by atoms with van der Waals surface area (Å²) in [4.78, 5) is 32.4. The maximum Gasteiger partial charge on any atom is 0.334 e. The number of nitrogens with zero attached hydrogens (tertiary/aromatic N) is 2. The quantitative estimate of drug-likeness (QED) is 0.290. The monoisotopic (exact) mass is 466 g/mol. The molecule has 0 saturated carbocycles. The van der Waals surface area contributed by atoms with Gasteiger partial charge in [-0.2, -0.15) is 0 Å². The first-order chi connectivity index (χ1) is 16.9. The van der Waals surface area contributed by atoms with Crippen molar-refractivity contribution in [2.75, 3.05) is 0 Å². The van der Waals surface area contributed by atoms with Gasteiger partial charge in [-0.05, 0) is 42.7 Å². The molecule has 6 heteroatoms. The summed E-state index contributed by atoms with van der Waals surface area (Å²) in [7, 11) is 0. The number of amides is 1. The average Bonchev–Trinajstić information content (AvgIpc) is 3.27. The molecule has 3 aromatic rings. The fourth-order valence-electron chi connectivity index (χ4n) is 4.41. The minimum atomic E-state index is -0.980. The van der Waals surface area contributed by atoms with Gasteiger partial charge in [0.1, 0.15) is 0 Å². The molecule has 1 amide bonds. The van der Waals surface area contributed by atoms with Crippen LogP contribution in [0.5, 0.6) is 0 Å². The fourth-order valence-corrected chi connectivity index (χ4v) is 4.41. The Balaban J connectivity index is 1.38. The molecule has 35 heavy (non-hydrogen) atoms. The van der Waals surface area contributed by atoms with Crippen LogP contribution in [0.15, 0.2) is 102 Å². The molecule has 0 spiro atoms. The second-order valence-corrected chi connectivity index (χ2v) is 8.89. The number of fused-ring (bicyclic) bond motifs is 1. The maximum absolute atomic E-state index is 13.5. The van der Waals surface area contributed by atoms with E-state index in [0.29, 0.717) is 11.5 Å². The fraction of sp³-hybridized carbons (Fsp3) is 0.207. The van der Waals surface area contributed by atoms with E-state index in [0.717, 1.165) is 22.3 Å². The van der Waals surface area contributed by atoms with Gasteiger partial charge in [-0.15, -0.1) is 0 Å². The Kier molecular flexibility index (Phi) is 5.95. The van der Waals surface area contributed by atoms with Crippen LogP contribution >= 0.6 is 0 Å². The zero-order valence-electron chi connectivity index (χ0n) is 19.6. The van der Waals surface area contributed by atoms with Crippen molar-refractivity contribution in [2.45, 2.75) is 38.3 Å². The molecule has 3 atom stereocenters. The van der Waals surface area contributed by atoms with Crippen LogP contribution in [-0.4, -0.2) is 41.0 Å². The van der Waals surface area contributed by atoms with Gasteiger partial charge in [-0.1, -0.05) is 84.9 Å². The summed E-state index contributed by atoms with van der Waals surface area (Å²) in [6, 6.07) is 25.1. The highest BCUT2D eigenvalue weighted by Crippen LogP contribution is 2.36. The normalized spacial score (nSPS) is 19.3. The zero-order valence-corrected chi connectivity index (χ0v) is 19.6. The molecule has 0 aliphatic carbocycles. The second-order valence-electron chi connectivity index (χ2n) is 8.89. The van der Waals surface area contributed by atoms with E-state index in [1.54, 1.807) is 6.92 Å². The molecule has 2 heterocycles. The molecule has 1 fully saturated rings. The molecule has 3 aromatic carbocycles. The molecule has 5 rings (SSSR count). The SMILES string of the molecule is C=C(C)C(C(=O)OC(c1ccccc1)c1ccccc1)N1C(=O)C2N=C(c3ccc(C)cc3)OC21. The van der Waals surface area contributed by atoms with Gasteiger partial charge in [0.2, 0.25) is 12.1 Å². The van der Waals surface area contributed by atoms with Crippen molar-refractivity contribution in [3.05, 3.63) is 119 Å². The number of likely N-dealkylation sites (tertiary alicyclic amines) is 1. The van der Waals surface area contributed by atoms with Gasteiger partial charge in [0.25, 0.3) is 5.91 Å². The lowest BCUT2D eigenvalue weighted by atomic mass is 9.97. The number of esters is 1. The van der Waals surface area contributed by atoms with Crippen molar-refractivity contribution < 1.29 is 19.1 Å². The van der Waals surface area contributed by atoms with E-state index >= 15 is 0 Å². The molecule has 176 valence electrons. The largest absolute Gasteiger partial charge is 0.451 e. The van der Waals surface area contributed by atoms with Crippen LogP contribution in [0.1, 0.15) is 35.3 Å². The summed E-state index contributed by atoms with van der Waals surface area (Å²) >= 11 is 0.